The van der Waals surface area contributed by atoms with E-state index in [-0.39, 0.29) is 17.0 Å². The molecule has 1 saturated heterocycles. The van der Waals surface area contributed by atoms with Crippen molar-refractivity contribution in [3.63, 3.8) is 0 Å². The van der Waals surface area contributed by atoms with E-state index in [1.807, 2.05) is 0 Å². The van der Waals surface area contributed by atoms with Gasteiger partial charge < -0.3 is 5.11 Å². The van der Waals surface area contributed by atoms with Crippen molar-refractivity contribution in [3.05, 3.63) is 11.8 Å². The fourth-order valence-corrected chi connectivity index (χ4v) is 2.90. The van der Waals surface area contributed by atoms with Crippen molar-refractivity contribution in [2.45, 2.75) is 10.8 Å². The summed E-state index contributed by atoms with van der Waals surface area (Å²) in [5.74, 6) is -0.783. The summed E-state index contributed by atoms with van der Waals surface area (Å²) in [6, 6.07) is 0. The summed E-state index contributed by atoms with van der Waals surface area (Å²) in [4.78, 5) is 23.1. The van der Waals surface area contributed by atoms with Gasteiger partial charge in [-0.25, -0.2) is 4.79 Å². The topological polar surface area (TPSA) is 57.6 Å². The summed E-state index contributed by atoms with van der Waals surface area (Å²) >= 11 is 7.19. The molecule has 1 N–H and O–H groups in total. The molecule has 0 spiro atoms. The number of halogens is 1. The number of hydrogen-bond donors (Lipinski definition) is 1. The molecule has 2 aliphatic rings. The van der Waals surface area contributed by atoms with Gasteiger partial charge in [0.05, 0.1) is 0 Å². The molecule has 13 heavy (non-hydrogen) atoms. The van der Waals surface area contributed by atoms with Crippen LogP contribution in [0.3, 0.4) is 0 Å². The number of nitrogens with zero attached hydrogens (tertiary/aromatic N) is 1. The van der Waals surface area contributed by atoms with Crippen LogP contribution in [0.1, 0.15) is 0 Å². The van der Waals surface area contributed by atoms with Crippen LogP contribution in [0.25, 0.3) is 0 Å². The number of hydrogen-bond acceptors (Lipinski definition) is 3. The predicted octanol–water partition coefficient (Wildman–Crippen LogP) is 0.477. The van der Waals surface area contributed by atoms with Gasteiger partial charge in [-0.3, -0.25) is 9.69 Å². The number of carbonyl (C=O) groups excluding carboxylic acids is 1. The highest BCUT2D eigenvalue weighted by atomic mass is 35.5. The van der Waals surface area contributed by atoms with Crippen molar-refractivity contribution in [2.24, 2.45) is 0 Å². The van der Waals surface area contributed by atoms with E-state index in [4.69, 9.17) is 16.7 Å². The molecule has 2 rings (SSSR count). The summed E-state index contributed by atoms with van der Waals surface area (Å²) in [5.41, 5.74) is 0.0608. The van der Waals surface area contributed by atoms with Crippen molar-refractivity contribution in [1.82, 2.24) is 4.90 Å². The number of β-lactam (4-membered cyclic amide) rings is 1. The Hall–Kier alpha value is -0.680. The quantitative estimate of drug-likeness (QED) is 0.515. The molecule has 6 heteroatoms. The molecule has 1 unspecified atom stereocenters. The number of alkyl halides is 1. The van der Waals surface area contributed by atoms with Gasteiger partial charge in [-0.1, -0.05) is 0 Å². The second kappa shape index (κ2) is 2.92. The van der Waals surface area contributed by atoms with Crippen molar-refractivity contribution < 1.29 is 14.7 Å². The molecule has 0 aromatic rings. The Morgan fingerprint density at radius 2 is 2.46 bits per heavy atom. The molecule has 0 aliphatic carbocycles. The minimum Gasteiger partial charge on any atom is -0.477 e. The van der Waals surface area contributed by atoms with Crippen molar-refractivity contribution in [1.29, 1.82) is 0 Å². The summed E-state index contributed by atoms with van der Waals surface area (Å²) < 4.78 is 0. The first-order valence-corrected chi connectivity index (χ1v) is 5.13. The Kier molecular flexibility index (Phi) is 2.00. The van der Waals surface area contributed by atoms with Gasteiger partial charge in [-0.05, 0) is 6.08 Å². The minimum atomic E-state index is -1.07. The van der Waals surface area contributed by atoms with Crippen molar-refractivity contribution >= 4 is 35.2 Å². The zero-order valence-corrected chi connectivity index (χ0v) is 8.01. The Bertz CT molecular complexity index is 317. The van der Waals surface area contributed by atoms with E-state index in [9.17, 15) is 9.59 Å². The Labute approximate surface area is 83.5 Å². The first-order valence-electron chi connectivity index (χ1n) is 3.65. The molecule has 0 bridgehead atoms. The standard InChI is InChI=1S/C7H6ClNO3S/c8-4-5(10)9-3(7(11)12)1-2-13-6(4)9/h1,4,6H,2H2,(H,11,12)/t4?,6-/m0/s1. The highest BCUT2D eigenvalue weighted by molar-refractivity contribution is 8.00. The molecule has 70 valence electrons. The second-order valence-corrected chi connectivity index (χ2v) is 4.35. The third kappa shape index (κ3) is 1.14. The van der Waals surface area contributed by atoms with Crippen LogP contribution in [-0.2, 0) is 9.59 Å². The van der Waals surface area contributed by atoms with Crippen LogP contribution >= 0.6 is 23.4 Å². The lowest BCUT2D eigenvalue weighted by atomic mass is 10.1. The lowest BCUT2D eigenvalue weighted by molar-refractivity contribution is -0.145. The van der Waals surface area contributed by atoms with E-state index in [2.05, 4.69) is 0 Å². The van der Waals surface area contributed by atoms with E-state index in [0.29, 0.717) is 5.75 Å². The number of thioether (sulfide) groups is 1. The summed E-state index contributed by atoms with van der Waals surface area (Å²) in [6.07, 6.45) is 1.53. The van der Waals surface area contributed by atoms with Crippen LogP contribution in [0.5, 0.6) is 0 Å². The van der Waals surface area contributed by atoms with Gasteiger partial charge >= 0.3 is 5.97 Å². The van der Waals surface area contributed by atoms with Gasteiger partial charge in [-0.2, -0.15) is 0 Å². The first-order chi connectivity index (χ1) is 6.13. The number of carboxylic acid groups (broad SMARTS) is 1. The van der Waals surface area contributed by atoms with Crippen LogP contribution in [0.15, 0.2) is 11.8 Å². The molecule has 0 radical (unpaired) electrons. The van der Waals surface area contributed by atoms with Gasteiger partial charge in [0.2, 0.25) is 5.91 Å². The van der Waals surface area contributed by atoms with E-state index >= 15 is 0 Å². The molecular weight excluding hydrogens is 214 g/mol. The average Bonchev–Trinajstić information content (AvgIpc) is 2.15. The van der Waals surface area contributed by atoms with Crippen molar-refractivity contribution in [2.75, 3.05) is 5.75 Å². The van der Waals surface area contributed by atoms with E-state index < -0.39 is 11.3 Å². The third-order valence-electron chi connectivity index (χ3n) is 2.00. The highest BCUT2D eigenvalue weighted by Crippen LogP contribution is 2.39. The van der Waals surface area contributed by atoms with Gasteiger partial charge in [0.1, 0.15) is 16.4 Å². The number of carboxylic acids is 1. The van der Waals surface area contributed by atoms with Gasteiger partial charge in [0.25, 0.3) is 0 Å². The Balaban J connectivity index is 2.27. The van der Waals surface area contributed by atoms with Crippen LogP contribution < -0.4 is 0 Å². The fraction of sp³-hybridized carbons (Fsp3) is 0.429. The van der Waals surface area contributed by atoms with Crippen molar-refractivity contribution in [3.8, 4) is 0 Å². The largest absolute Gasteiger partial charge is 0.477 e. The highest BCUT2D eigenvalue weighted by Gasteiger charge is 2.50. The molecule has 0 saturated carbocycles. The number of fused-ring (bicyclic) bond motifs is 1. The molecule has 0 aromatic carbocycles. The van der Waals surface area contributed by atoms with Crippen LogP contribution in [-0.4, -0.2) is 38.4 Å². The SMILES string of the molecule is O=C(O)C1=CCS[C@H]2C(Cl)C(=O)N12. The molecular formula is C7H6ClNO3S. The third-order valence-corrected chi connectivity index (χ3v) is 3.76. The normalized spacial score (nSPS) is 31.9. The average molecular weight is 220 g/mol. The number of amides is 1. The first kappa shape index (κ1) is 8.90. The molecule has 4 nitrogen and oxygen atoms in total. The second-order valence-electron chi connectivity index (χ2n) is 2.73. The lowest BCUT2D eigenvalue weighted by Gasteiger charge is -2.45. The number of rotatable bonds is 1. The smallest absolute Gasteiger partial charge is 0.352 e. The van der Waals surface area contributed by atoms with E-state index in [0.717, 1.165) is 0 Å². The van der Waals surface area contributed by atoms with E-state index in [1.165, 1.54) is 22.7 Å². The maximum Gasteiger partial charge on any atom is 0.352 e. The van der Waals surface area contributed by atoms with Gasteiger partial charge in [0.15, 0.2) is 0 Å². The molecule has 2 heterocycles. The molecule has 1 amide bonds. The fourth-order valence-electron chi connectivity index (χ4n) is 1.36. The molecule has 2 aliphatic heterocycles. The molecule has 0 aromatic heterocycles. The van der Waals surface area contributed by atoms with Gasteiger partial charge in [-0.15, -0.1) is 23.4 Å². The molecule has 2 atom stereocenters. The zero-order valence-electron chi connectivity index (χ0n) is 6.44. The van der Waals surface area contributed by atoms with Gasteiger partial charge in [0, 0.05) is 5.75 Å². The maximum atomic E-state index is 11.2. The molecule has 1 fully saturated rings. The monoisotopic (exact) mass is 219 g/mol. The van der Waals surface area contributed by atoms with Crippen LogP contribution in [0.4, 0.5) is 0 Å². The maximum absolute atomic E-state index is 11.2. The van der Waals surface area contributed by atoms with Crippen LogP contribution in [0, 0.1) is 0 Å². The van der Waals surface area contributed by atoms with Crippen LogP contribution in [0.2, 0.25) is 0 Å². The predicted molar refractivity (Wildman–Crippen MR) is 48.5 cm³/mol. The minimum absolute atomic E-state index is 0.0608. The van der Waals surface area contributed by atoms with E-state index in [1.54, 1.807) is 0 Å². The number of aliphatic carboxylic acids is 1. The Morgan fingerprint density at radius 1 is 1.77 bits per heavy atom. The summed E-state index contributed by atoms with van der Waals surface area (Å²) in [5, 5.41) is 8.00. The summed E-state index contributed by atoms with van der Waals surface area (Å²) in [6.45, 7) is 0. The Morgan fingerprint density at radius 3 is 3.08 bits per heavy atom. The number of carbonyl (C=O) groups is 2. The summed E-state index contributed by atoms with van der Waals surface area (Å²) in [7, 11) is 0. The lowest BCUT2D eigenvalue weighted by Crippen LogP contribution is -2.62. The zero-order chi connectivity index (χ0) is 9.59.